The molecule has 0 spiro atoms. The van der Waals surface area contributed by atoms with Crippen LogP contribution in [0.15, 0.2) is 48.5 Å². The van der Waals surface area contributed by atoms with Crippen molar-refractivity contribution in [2.75, 3.05) is 5.43 Å². The van der Waals surface area contributed by atoms with Gasteiger partial charge in [0.15, 0.2) is 0 Å². The second kappa shape index (κ2) is 6.93. The SMILES string of the molecule is NNc1cc(CSCc2ccccc2)ccc1[N+](=O)[O-]. The van der Waals surface area contributed by atoms with E-state index in [4.69, 9.17) is 5.84 Å². The summed E-state index contributed by atoms with van der Waals surface area (Å²) in [6.07, 6.45) is 0. The van der Waals surface area contributed by atoms with Crippen LogP contribution in [0.5, 0.6) is 0 Å². The number of hydrogen-bond acceptors (Lipinski definition) is 5. The maximum absolute atomic E-state index is 10.8. The van der Waals surface area contributed by atoms with Crippen LogP contribution in [0.2, 0.25) is 0 Å². The monoisotopic (exact) mass is 289 g/mol. The molecule has 2 rings (SSSR count). The number of nitrogens with two attached hydrogens (primary N) is 1. The van der Waals surface area contributed by atoms with Gasteiger partial charge in [0.05, 0.1) is 4.92 Å². The minimum absolute atomic E-state index is 0.00990. The van der Waals surface area contributed by atoms with Gasteiger partial charge in [0.2, 0.25) is 0 Å². The number of nitrogen functional groups attached to an aromatic ring is 1. The molecule has 0 saturated carbocycles. The zero-order chi connectivity index (χ0) is 14.4. The first-order valence-corrected chi connectivity index (χ1v) is 7.22. The Balaban J connectivity index is 1.98. The number of hydrogen-bond donors (Lipinski definition) is 2. The Morgan fingerprint density at radius 3 is 2.45 bits per heavy atom. The molecule has 6 heteroatoms. The molecule has 20 heavy (non-hydrogen) atoms. The highest BCUT2D eigenvalue weighted by Crippen LogP contribution is 2.27. The smallest absolute Gasteiger partial charge is 0.293 e. The number of anilines is 1. The lowest BCUT2D eigenvalue weighted by Crippen LogP contribution is -2.09. The molecule has 3 N–H and O–H groups in total. The van der Waals surface area contributed by atoms with Gasteiger partial charge in [-0.05, 0) is 17.2 Å². The van der Waals surface area contributed by atoms with E-state index in [0.717, 1.165) is 17.1 Å². The van der Waals surface area contributed by atoms with E-state index >= 15 is 0 Å². The van der Waals surface area contributed by atoms with Crippen LogP contribution >= 0.6 is 11.8 Å². The van der Waals surface area contributed by atoms with E-state index in [1.807, 2.05) is 18.2 Å². The number of rotatable bonds is 6. The van der Waals surface area contributed by atoms with Crippen LogP contribution in [-0.4, -0.2) is 4.92 Å². The molecule has 2 aromatic carbocycles. The molecular formula is C14H15N3O2S. The first-order valence-electron chi connectivity index (χ1n) is 6.06. The first kappa shape index (κ1) is 14.4. The molecule has 0 radical (unpaired) electrons. The highest BCUT2D eigenvalue weighted by atomic mass is 32.2. The van der Waals surface area contributed by atoms with Gasteiger partial charge in [-0.15, -0.1) is 0 Å². The summed E-state index contributed by atoms with van der Waals surface area (Å²) in [7, 11) is 0. The first-order chi connectivity index (χ1) is 9.70. The number of nitro benzene ring substituents is 1. The van der Waals surface area contributed by atoms with Crippen LogP contribution in [0, 0.1) is 10.1 Å². The average molecular weight is 289 g/mol. The van der Waals surface area contributed by atoms with Gasteiger partial charge in [-0.3, -0.25) is 16.0 Å². The van der Waals surface area contributed by atoms with Gasteiger partial charge in [0.1, 0.15) is 5.69 Å². The molecular weight excluding hydrogens is 274 g/mol. The predicted octanol–water partition coefficient (Wildman–Crippen LogP) is 3.31. The minimum atomic E-state index is -0.448. The second-order valence-corrected chi connectivity index (χ2v) is 5.22. The van der Waals surface area contributed by atoms with E-state index in [0.29, 0.717) is 5.69 Å². The highest BCUT2D eigenvalue weighted by molar-refractivity contribution is 7.97. The van der Waals surface area contributed by atoms with E-state index < -0.39 is 4.92 Å². The zero-order valence-corrected chi connectivity index (χ0v) is 11.6. The van der Waals surface area contributed by atoms with Gasteiger partial charge in [0, 0.05) is 17.6 Å². The van der Waals surface area contributed by atoms with Crippen molar-refractivity contribution in [3.63, 3.8) is 0 Å². The number of benzene rings is 2. The fourth-order valence-corrected chi connectivity index (χ4v) is 2.75. The van der Waals surface area contributed by atoms with Crippen molar-refractivity contribution < 1.29 is 4.92 Å². The lowest BCUT2D eigenvalue weighted by molar-refractivity contribution is -0.384. The third kappa shape index (κ3) is 3.72. The number of hydrazine groups is 1. The Labute approximate surface area is 121 Å². The molecule has 0 aromatic heterocycles. The van der Waals surface area contributed by atoms with Gasteiger partial charge in [-0.1, -0.05) is 36.4 Å². The number of nitrogens with zero attached hydrogens (tertiary/aromatic N) is 1. The summed E-state index contributed by atoms with van der Waals surface area (Å²) in [5.41, 5.74) is 4.97. The maximum Gasteiger partial charge on any atom is 0.293 e. The summed E-state index contributed by atoms with van der Waals surface area (Å²) in [4.78, 5) is 10.3. The summed E-state index contributed by atoms with van der Waals surface area (Å²) in [5.74, 6) is 7.00. The predicted molar refractivity (Wildman–Crippen MR) is 82.3 cm³/mol. The summed E-state index contributed by atoms with van der Waals surface area (Å²) >= 11 is 1.75. The summed E-state index contributed by atoms with van der Waals surface area (Å²) < 4.78 is 0. The normalized spacial score (nSPS) is 10.2. The van der Waals surface area contributed by atoms with E-state index in [1.165, 1.54) is 11.6 Å². The largest absolute Gasteiger partial charge is 0.318 e. The van der Waals surface area contributed by atoms with Crippen LogP contribution in [0.3, 0.4) is 0 Å². The maximum atomic E-state index is 10.8. The Morgan fingerprint density at radius 1 is 1.10 bits per heavy atom. The fourth-order valence-electron chi connectivity index (χ4n) is 1.81. The van der Waals surface area contributed by atoms with Crippen molar-refractivity contribution in [2.24, 2.45) is 5.84 Å². The van der Waals surface area contributed by atoms with Crippen LogP contribution in [0.4, 0.5) is 11.4 Å². The van der Waals surface area contributed by atoms with Crippen LogP contribution in [-0.2, 0) is 11.5 Å². The van der Waals surface area contributed by atoms with Crippen LogP contribution < -0.4 is 11.3 Å². The van der Waals surface area contributed by atoms with Crippen molar-refractivity contribution in [1.29, 1.82) is 0 Å². The van der Waals surface area contributed by atoms with Crippen molar-refractivity contribution in [2.45, 2.75) is 11.5 Å². The molecule has 0 aliphatic rings. The average Bonchev–Trinajstić information content (AvgIpc) is 2.48. The van der Waals surface area contributed by atoms with E-state index in [-0.39, 0.29) is 5.69 Å². The Kier molecular flexibility index (Phi) is 4.97. The van der Waals surface area contributed by atoms with Crippen LogP contribution in [0.25, 0.3) is 0 Å². The van der Waals surface area contributed by atoms with E-state index in [9.17, 15) is 10.1 Å². The standard InChI is InChI=1S/C14H15N3O2S/c15-16-13-8-12(6-7-14(13)17(18)19)10-20-9-11-4-2-1-3-5-11/h1-8,16H,9-10,15H2. The van der Waals surface area contributed by atoms with Crippen molar-refractivity contribution in [1.82, 2.24) is 0 Å². The lowest BCUT2D eigenvalue weighted by Gasteiger charge is -2.06. The summed E-state index contributed by atoms with van der Waals surface area (Å²) in [6.45, 7) is 0. The summed E-state index contributed by atoms with van der Waals surface area (Å²) in [6, 6.07) is 15.1. The van der Waals surface area contributed by atoms with Gasteiger partial charge < -0.3 is 5.43 Å². The number of nitro groups is 1. The molecule has 5 nitrogen and oxygen atoms in total. The Hall–Kier alpha value is -2.05. The van der Waals surface area contributed by atoms with Crippen LogP contribution in [0.1, 0.15) is 11.1 Å². The Bertz CT molecular complexity index is 590. The summed E-state index contributed by atoms with van der Waals surface area (Å²) in [5, 5.41) is 10.8. The third-order valence-electron chi connectivity index (χ3n) is 2.79. The lowest BCUT2D eigenvalue weighted by atomic mass is 10.2. The second-order valence-electron chi connectivity index (χ2n) is 4.23. The molecule has 0 aliphatic heterocycles. The molecule has 0 heterocycles. The molecule has 104 valence electrons. The van der Waals surface area contributed by atoms with Gasteiger partial charge in [-0.25, -0.2) is 0 Å². The number of thioether (sulfide) groups is 1. The van der Waals surface area contributed by atoms with Crippen molar-refractivity contribution in [3.8, 4) is 0 Å². The molecule has 0 fully saturated rings. The number of nitrogens with one attached hydrogen (secondary N) is 1. The highest BCUT2D eigenvalue weighted by Gasteiger charge is 2.12. The molecule has 2 aromatic rings. The van der Waals surface area contributed by atoms with Gasteiger partial charge >= 0.3 is 0 Å². The van der Waals surface area contributed by atoms with Crippen molar-refractivity contribution >= 4 is 23.1 Å². The van der Waals surface area contributed by atoms with Gasteiger partial charge in [-0.2, -0.15) is 11.8 Å². The minimum Gasteiger partial charge on any atom is -0.318 e. The third-order valence-corrected chi connectivity index (χ3v) is 3.87. The topological polar surface area (TPSA) is 81.2 Å². The molecule has 0 atom stereocenters. The molecule has 0 amide bonds. The van der Waals surface area contributed by atoms with Gasteiger partial charge in [0.25, 0.3) is 5.69 Å². The van der Waals surface area contributed by atoms with Crippen molar-refractivity contribution in [3.05, 3.63) is 69.8 Å². The van der Waals surface area contributed by atoms with E-state index in [2.05, 4.69) is 17.6 Å². The Morgan fingerprint density at radius 2 is 1.80 bits per heavy atom. The zero-order valence-electron chi connectivity index (χ0n) is 10.8. The molecule has 0 unspecified atom stereocenters. The molecule has 0 saturated heterocycles. The molecule has 0 aliphatic carbocycles. The molecule has 0 bridgehead atoms. The van der Waals surface area contributed by atoms with E-state index in [1.54, 1.807) is 23.9 Å². The fraction of sp³-hybridized carbons (Fsp3) is 0.143. The quantitative estimate of drug-likeness (QED) is 0.484.